The maximum atomic E-state index is 11.4. The fourth-order valence-corrected chi connectivity index (χ4v) is 2.13. The van der Waals surface area contributed by atoms with E-state index in [0.717, 1.165) is 6.54 Å². The van der Waals surface area contributed by atoms with Crippen LogP contribution in [-0.2, 0) is 0 Å². The zero-order valence-corrected chi connectivity index (χ0v) is 12.9. The number of aromatic amines is 1. The number of halogens is 1. The Kier molecular flexibility index (Phi) is 5.85. The third-order valence-electron chi connectivity index (χ3n) is 2.99. The van der Waals surface area contributed by atoms with Crippen LogP contribution in [0, 0.1) is 5.41 Å². The van der Waals surface area contributed by atoms with Crippen molar-refractivity contribution in [3.05, 3.63) is 21.2 Å². The molecule has 0 saturated heterocycles. The fraction of sp³-hybridized carbons (Fsp3) is 0.692. The van der Waals surface area contributed by atoms with Gasteiger partial charge in [0.2, 0.25) is 0 Å². The fourth-order valence-electron chi connectivity index (χ4n) is 1.77. The molecule has 0 unspecified atom stereocenters. The zero-order chi connectivity index (χ0) is 13.6. The molecular weight excluding hydrogens is 294 g/mol. The summed E-state index contributed by atoms with van der Waals surface area (Å²) in [6, 6.07) is 0. The number of aromatic nitrogens is 2. The van der Waals surface area contributed by atoms with Gasteiger partial charge in [0, 0.05) is 6.54 Å². The molecule has 0 spiro atoms. The third-order valence-corrected chi connectivity index (χ3v) is 3.72. The highest BCUT2D eigenvalue weighted by Gasteiger charge is 2.18. The highest BCUT2D eigenvalue weighted by atomic mass is 79.9. The smallest absolute Gasteiger partial charge is 0.267 e. The van der Waals surface area contributed by atoms with Crippen molar-refractivity contribution < 1.29 is 0 Å². The predicted molar refractivity (Wildman–Crippen MR) is 79.0 cm³/mol. The summed E-state index contributed by atoms with van der Waals surface area (Å²) >= 11 is 3.24. The number of rotatable bonds is 7. The van der Waals surface area contributed by atoms with Crippen molar-refractivity contribution in [2.24, 2.45) is 5.41 Å². The summed E-state index contributed by atoms with van der Waals surface area (Å²) in [5, 5.41) is 3.24. The van der Waals surface area contributed by atoms with Crippen LogP contribution >= 0.6 is 15.9 Å². The van der Waals surface area contributed by atoms with E-state index < -0.39 is 0 Å². The first-order chi connectivity index (χ1) is 8.46. The lowest BCUT2D eigenvalue weighted by Gasteiger charge is -2.25. The lowest BCUT2D eigenvalue weighted by molar-refractivity contribution is 0.342. The molecule has 102 valence electrons. The van der Waals surface area contributed by atoms with Crippen molar-refractivity contribution in [2.45, 2.75) is 46.5 Å². The molecule has 0 saturated carbocycles. The van der Waals surface area contributed by atoms with Crippen LogP contribution in [0.15, 0.2) is 15.6 Å². The van der Waals surface area contributed by atoms with Gasteiger partial charge >= 0.3 is 0 Å². The van der Waals surface area contributed by atoms with Gasteiger partial charge in [0.05, 0.1) is 6.33 Å². The van der Waals surface area contributed by atoms with Crippen molar-refractivity contribution >= 4 is 21.7 Å². The second kappa shape index (κ2) is 6.92. The Balaban J connectivity index is 2.53. The molecular formula is C13H22BrN3O. The molecule has 0 radical (unpaired) electrons. The number of hydrogen-bond acceptors (Lipinski definition) is 3. The molecule has 5 heteroatoms. The van der Waals surface area contributed by atoms with Gasteiger partial charge in [-0.2, -0.15) is 0 Å². The number of anilines is 1. The minimum absolute atomic E-state index is 0.156. The first kappa shape index (κ1) is 15.2. The Hall–Kier alpha value is -0.840. The largest absolute Gasteiger partial charge is 0.368 e. The van der Waals surface area contributed by atoms with E-state index in [0.29, 0.717) is 10.3 Å². The van der Waals surface area contributed by atoms with Gasteiger partial charge in [-0.3, -0.25) is 4.79 Å². The number of hydrogen-bond donors (Lipinski definition) is 2. The summed E-state index contributed by atoms with van der Waals surface area (Å²) in [4.78, 5) is 18.0. The summed E-state index contributed by atoms with van der Waals surface area (Å²) in [6.07, 6.45) is 6.35. The molecule has 0 aliphatic rings. The van der Waals surface area contributed by atoms with Crippen LogP contribution in [0.1, 0.15) is 46.5 Å². The normalized spacial score (nSPS) is 11.6. The molecule has 1 heterocycles. The van der Waals surface area contributed by atoms with E-state index in [9.17, 15) is 4.79 Å². The second-order valence-corrected chi connectivity index (χ2v) is 6.16. The number of H-pyrrole nitrogens is 1. The van der Waals surface area contributed by atoms with Gasteiger partial charge in [0.25, 0.3) is 5.56 Å². The minimum atomic E-state index is -0.156. The van der Waals surface area contributed by atoms with E-state index in [1.54, 1.807) is 0 Å². The molecule has 1 aromatic heterocycles. The van der Waals surface area contributed by atoms with Crippen molar-refractivity contribution in [3.8, 4) is 0 Å². The Morgan fingerprint density at radius 2 is 2.17 bits per heavy atom. The average molecular weight is 316 g/mol. The molecule has 0 fully saturated rings. The van der Waals surface area contributed by atoms with Gasteiger partial charge in [-0.25, -0.2) is 4.98 Å². The molecule has 2 N–H and O–H groups in total. The molecule has 4 nitrogen and oxygen atoms in total. The van der Waals surface area contributed by atoms with Crippen molar-refractivity contribution in [2.75, 3.05) is 11.9 Å². The quantitative estimate of drug-likeness (QED) is 0.756. The van der Waals surface area contributed by atoms with Gasteiger partial charge in [-0.1, -0.05) is 40.0 Å². The van der Waals surface area contributed by atoms with Crippen molar-refractivity contribution in [3.63, 3.8) is 0 Å². The average Bonchev–Trinajstić information content (AvgIpc) is 2.31. The van der Waals surface area contributed by atoms with Crippen LogP contribution < -0.4 is 10.9 Å². The Morgan fingerprint density at radius 3 is 2.83 bits per heavy atom. The van der Waals surface area contributed by atoms with E-state index in [1.165, 1.54) is 32.0 Å². The maximum absolute atomic E-state index is 11.4. The summed E-state index contributed by atoms with van der Waals surface area (Å²) < 4.78 is 0.467. The topological polar surface area (TPSA) is 57.8 Å². The summed E-state index contributed by atoms with van der Waals surface area (Å²) in [5.74, 6) is 0.613. The van der Waals surface area contributed by atoms with Gasteiger partial charge < -0.3 is 10.3 Å². The lowest BCUT2D eigenvalue weighted by atomic mass is 9.87. The first-order valence-corrected chi connectivity index (χ1v) is 7.22. The van der Waals surface area contributed by atoms with Crippen molar-refractivity contribution in [1.82, 2.24) is 9.97 Å². The van der Waals surface area contributed by atoms with Crippen LogP contribution in [-0.4, -0.2) is 16.5 Å². The van der Waals surface area contributed by atoms with Crippen molar-refractivity contribution in [1.29, 1.82) is 0 Å². The molecule has 18 heavy (non-hydrogen) atoms. The second-order valence-electron chi connectivity index (χ2n) is 5.37. The van der Waals surface area contributed by atoms with E-state index in [-0.39, 0.29) is 11.0 Å². The molecule has 0 amide bonds. The lowest BCUT2D eigenvalue weighted by Crippen LogP contribution is -2.24. The molecule has 0 aromatic carbocycles. The van der Waals surface area contributed by atoms with Gasteiger partial charge in [-0.15, -0.1) is 0 Å². The molecule has 0 aliphatic heterocycles. The number of nitrogens with one attached hydrogen (secondary N) is 2. The molecule has 0 atom stereocenters. The maximum Gasteiger partial charge on any atom is 0.267 e. The van der Waals surface area contributed by atoms with Crippen LogP contribution in [0.3, 0.4) is 0 Å². The third kappa shape index (κ3) is 4.80. The van der Waals surface area contributed by atoms with E-state index in [1.807, 2.05) is 0 Å². The Bertz CT molecular complexity index is 428. The number of unbranched alkanes of at least 4 members (excludes halogenated alkanes) is 2. The van der Waals surface area contributed by atoms with E-state index in [2.05, 4.69) is 52.0 Å². The Morgan fingerprint density at radius 1 is 1.44 bits per heavy atom. The highest BCUT2D eigenvalue weighted by molar-refractivity contribution is 9.10. The standard InChI is InChI=1S/C13H22BrN3O/c1-4-5-6-7-13(2,3)8-15-11-10(14)12(18)17-9-16-11/h9H,4-8H2,1-3H3,(H2,15,16,17,18). The molecule has 1 aromatic rings. The van der Waals surface area contributed by atoms with Gasteiger partial charge in [-0.05, 0) is 27.8 Å². The Labute approximate surface area is 117 Å². The van der Waals surface area contributed by atoms with Crippen LogP contribution in [0.2, 0.25) is 0 Å². The van der Waals surface area contributed by atoms with Crippen LogP contribution in [0.5, 0.6) is 0 Å². The van der Waals surface area contributed by atoms with Crippen LogP contribution in [0.25, 0.3) is 0 Å². The first-order valence-electron chi connectivity index (χ1n) is 6.43. The molecule has 1 rings (SSSR count). The summed E-state index contributed by atoms with van der Waals surface area (Å²) in [6.45, 7) is 7.49. The number of nitrogens with zero attached hydrogens (tertiary/aromatic N) is 1. The van der Waals surface area contributed by atoms with Gasteiger partial charge in [0.1, 0.15) is 10.3 Å². The van der Waals surface area contributed by atoms with Gasteiger partial charge in [0.15, 0.2) is 0 Å². The monoisotopic (exact) mass is 315 g/mol. The predicted octanol–water partition coefficient (Wildman–Crippen LogP) is 3.55. The molecule has 0 aliphatic carbocycles. The minimum Gasteiger partial charge on any atom is -0.368 e. The molecule has 0 bridgehead atoms. The summed E-state index contributed by atoms with van der Waals surface area (Å²) in [5.41, 5.74) is 0.0510. The zero-order valence-electron chi connectivity index (χ0n) is 11.3. The highest BCUT2D eigenvalue weighted by Crippen LogP contribution is 2.25. The summed E-state index contributed by atoms with van der Waals surface area (Å²) in [7, 11) is 0. The van der Waals surface area contributed by atoms with E-state index in [4.69, 9.17) is 0 Å². The van der Waals surface area contributed by atoms with Crippen LogP contribution in [0.4, 0.5) is 5.82 Å². The SMILES string of the molecule is CCCCCC(C)(C)CNc1nc[nH]c(=O)c1Br. The van der Waals surface area contributed by atoms with E-state index >= 15 is 0 Å².